The molecule has 0 radical (unpaired) electrons. The van der Waals surface area contributed by atoms with Gasteiger partial charge in [-0.05, 0) is 36.5 Å². The highest BCUT2D eigenvalue weighted by Gasteiger charge is 2.45. The van der Waals surface area contributed by atoms with E-state index in [0.717, 1.165) is 17.3 Å². The Morgan fingerprint density at radius 1 is 1.14 bits per heavy atom. The molecule has 0 bridgehead atoms. The maximum atomic E-state index is 2.49. The van der Waals surface area contributed by atoms with Gasteiger partial charge >= 0.3 is 0 Å². The lowest BCUT2D eigenvalue weighted by Crippen LogP contribution is -2.16. The van der Waals surface area contributed by atoms with Crippen LogP contribution in [0.5, 0.6) is 0 Å². The van der Waals surface area contributed by atoms with Crippen LogP contribution in [0.25, 0.3) is 0 Å². The molecule has 0 aromatic heterocycles. The third-order valence-electron chi connectivity index (χ3n) is 4.60. The van der Waals surface area contributed by atoms with Crippen LogP contribution in [0.2, 0.25) is 0 Å². The average molecular weight is 196 g/mol. The first-order chi connectivity index (χ1) is 6.68. The van der Waals surface area contributed by atoms with Crippen LogP contribution < -0.4 is 0 Å². The standard InChI is InChI=1S/C14H28/c1-5-8-13(6-2)11-12(4)14(7-3)9-10-14/h12-13H,5-11H2,1-4H3. The molecule has 2 unspecified atom stereocenters. The van der Waals surface area contributed by atoms with Gasteiger partial charge in [-0.25, -0.2) is 0 Å². The molecular weight excluding hydrogens is 168 g/mol. The molecule has 0 heterocycles. The molecule has 1 aliphatic carbocycles. The van der Waals surface area contributed by atoms with Crippen LogP contribution in [0.3, 0.4) is 0 Å². The molecule has 84 valence electrons. The zero-order chi connectivity index (χ0) is 10.6. The van der Waals surface area contributed by atoms with Crippen LogP contribution >= 0.6 is 0 Å². The Hall–Kier alpha value is 0. The molecular formula is C14H28. The summed E-state index contributed by atoms with van der Waals surface area (Å²) in [6.45, 7) is 9.55. The fourth-order valence-electron chi connectivity index (χ4n) is 3.00. The number of hydrogen-bond acceptors (Lipinski definition) is 0. The van der Waals surface area contributed by atoms with Crippen LogP contribution in [0.4, 0.5) is 0 Å². The Morgan fingerprint density at radius 2 is 1.79 bits per heavy atom. The van der Waals surface area contributed by atoms with Crippen molar-refractivity contribution in [2.75, 3.05) is 0 Å². The molecule has 0 aliphatic heterocycles. The smallest absolute Gasteiger partial charge is 0.0274 e. The van der Waals surface area contributed by atoms with Crippen molar-refractivity contribution in [3.63, 3.8) is 0 Å². The zero-order valence-electron chi connectivity index (χ0n) is 10.6. The average Bonchev–Trinajstić information content (AvgIpc) is 2.97. The highest BCUT2D eigenvalue weighted by molar-refractivity contribution is 4.96. The summed E-state index contributed by atoms with van der Waals surface area (Å²) in [6, 6.07) is 0. The zero-order valence-corrected chi connectivity index (χ0v) is 10.6. The van der Waals surface area contributed by atoms with Gasteiger partial charge in [0.05, 0.1) is 0 Å². The lowest BCUT2D eigenvalue weighted by Gasteiger charge is -2.26. The molecule has 0 aromatic carbocycles. The van der Waals surface area contributed by atoms with E-state index in [1.165, 1.54) is 44.9 Å². The second kappa shape index (κ2) is 5.19. The van der Waals surface area contributed by atoms with E-state index in [0.29, 0.717) is 0 Å². The molecule has 1 aliphatic rings. The molecule has 1 saturated carbocycles. The van der Waals surface area contributed by atoms with E-state index in [-0.39, 0.29) is 0 Å². The molecule has 2 atom stereocenters. The molecule has 1 rings (SSSR count). The number of hydrogen-bond donors (Lipinski definition) is 0. The minimum atomic E-state index is 0.779. The monoisotopic (exact) mass is 196 g/mol. The van der Waals surface area contributed by atoms with Crippen molar-refractivity contribution in [2.24, 2.45) is 17.3 Å². The summed E-state index contributed by atoms with van der Waals surface area (Å²) in [6.07, 6.45) is 10.1. The van der Waals surface area contributed by atoms with Gasteiger partial charge in [-0.3, -0.25) is 0 Å². The van der Waals surface area contributed by atoms with Crippen molar-refractivity contribution in [3.05, 3.63) is 0 Å². The van der Waals surface area contributed by atoms with Crippen molar-refractivity contribution in [3.8, 4) is 0 Å². The van der Waals surface area contributed by atoms with E-state index in [1.54, 1.807) is 0 Å². The quantitative estimate of drug-likeness (QED) is 0.536. The highest BCUT2D eigenvalue weighted by atomic mass is 14.5. The minimum absolute atomic E-state index is 0.779. The van der Waals surface area contributed by atoms with Crippen LogP contribution in [0.1, 0.15) is 72.6 Å². The van der Waals surface area contributed by atoms with E-state index in [9.17, 15) is 0 Å². The van der Waals surface area contributed by atoms with Gasteiger partial charge in [-0.15, -0.1) is 0 Å². The van der Waals surface area contributed by atoms with Gasteiger partial charge in [0.25, 0.3) is 0 Å². The fourth-order valence-corrected chi connectivity index (χ4v) is 3.00. The van der Waals surface area contributed by atoms with Gasteiger partial charge in [0, 0.05) is 0 Å². The molecule has 0 saturated heterocycles. The Kier molecular flexibility index (Phi) is 4.47. The van der Waals surface area contributed by atoms with Gasteiger partial charge in [-0.2, -0.15) is 0 Å². The van der Waals surface area contributed by atoms with Crippen molar-refractivity contribution in [1.29, 1.82) is 0 Å². The predicted octanol–water partition coefficient (Wildman–Crippen LogP) is 5.03. The van der Waals surface area contributed by atoms with Crippen molar-refractivity contribution >= 4 is 0 Å². The summed E-state index contributed by atoms with van der Waals surface area (Å²) < 4.78 is 0. The molecule has 0 N–H and O–H groups in total. The molecule has 1 fully saturated rings. The van der Waals surface area contributed by atoms with Gasteiger partial charge < -0.3 is 0 Å². The predicted molar refractivity (Wildman–Crippen MR) is 64.4 cm³/mol. The van der Waals surface area contributed by atoms with Crippen LogP contribution in [0.15, 0.2) is 0 Å². The fraction of sp³-hybridized carbons (Fsp3) is 1.00. The molecule has 0 spiro atoms. The van der Waals surface area contributed by atoms with E-state index in [4.69, 9.17) is 0 Å². The van der Waals surface area contributed by atoms with Gasteiger partial charge in [0.15, 0.2) is 0 Å². The maximum Gasteiger partial charge on any atom is -0.0274 e. The van der Waals surface area contributed by atoms with Gasteiger partial charge in [-0.1, -0.05) is 53.4 Å². The molecule has 0 aromatic rings. The Morgan fingerprint density at radius 3 is 2.14 bits per heavy atom. The SMILES string of the molecule is CCCC(CC)CC(C)C1(CC)CC1. The number of rotatable bonds is 7. The summed E-state index contributed by atoms with van der Waals surface area (Å²) in [5, 5.41) is 0. The van der Waals surface area contributed by atoms with Gasteiger partial charge in [0.1, 0.15) is 0 Å². The molecule has 0 amide bonds. The lowest BCUT2D eigenvalue weighted by molar-refractivity contribution is 0.247. The van der Waals surface area contributed by atoms with Gasteiger partial charge in [0.2, 0.25) is 0 Å². The van der Waals surface area contributed by atoms with Crippen molar-refractivity contribution in [2.45, 2.75) is 72.6 Å². The summed E-state index contributed by atoms with van der Waals surface area (Å²) >= 11 is 0. The van der Waals surface area contributed by atoms with E-state index in [2.05, 4.69) is 27.7 Å². The maximum absolute atomic E-state index is 2.49. The third kappa shape index (κ3) is 2.74. The van der Waals surface area contributed by atoms with Crippen LogP contribution in [0, 0.1) is 17.3 Å². The Balaban J connectivity index is 2.34. The van der Waals surface area contributed by atoms with Crippen molar-refractivity contribution in [1.82, 2.24) is 0 Å². The van der Waals surface area contributed by atoms with E-state index < -0.39 is 0 Å². The summed E-state index contributed by atoms with van der Waals surface area (Å²) in [4.78, 5) is 0. The minimum Gasteiger partial charge on any atom is -0.0654 e. The first-order valence-electron chi connectivity index (χ1n) is 6.68. The highest BCUT2D eigenvalue weighted by Crippen LogP contribution is 2.56. The summed E-state index contributed by atoms with van der Waals surface area (Å²) in [5.74, 6) is 1.98. The molecule has 0 nitrogen and oxygen atoms in total. The molecule has 0 heteroatoms. The van der Waals surface area contributed by atoms with E-state index in [1.807, 2.05) is 0 Å². The Bertz CT molecular complexity index is 155. The second-order valence-electron chi connectivity index (χ2n) is 5.42. The third-order valence-corrected chi connectivity index (χ3v) is 4.60. The first-order valence-corrected chi connectivity index (χ1v) is 6.68. The second-order valence-corrected chi connectivity index (χ2v) is 5.42. The van der Waals surface area contributed by atoms with Crippen molar-refractivity contribution < 1.29 is 0 Å². The van der Waals surface area contributed by atoms with Crippen LogP contribution in [-0.4, -0.2) is 0 Å². The summed E-state index contributed by atoms with van der Waals surface area (Å²) in [5.41, 5.74) is 0.779. The summed E-state index contributed by atoms with van der Waals surface area (Å²) in [7, 11) is 0. The lowest BCUT2D eigenvalue weighted by atomic mass is 9.80. The topological polar surface area (TPSA) is 0 Å². The normalized spacial score (nSPS) is 23.1. The van der Waals surface area contributed by atoms with Crippen LogP contribution in [-0.2, 0) is 0 Å². The largest absolute Gasteiger partial charge is 0.0654 e. The Labute approximate surface area is 90.5 Å². The first kappa shape index (κ1) is 12.1. The van der Waals surface area contributed by atoms with E-state index >= 15 is 0 Å². The molecule has 14 heavy (non-hydrogen) atoms.